The number of Topliss-reactive ketones (excluding diaryl/α,β-unsaturated/α-hetero) is 1. The first-order valence-electron chi connectivity index (χ1n) is 5.05. The highest BCUT2D eigenvalue weighted by atomic mass is 79.9. The summed E-state index contributed by atoms with van der Waals surface area (Å²) in [5, 5.41) is 0. The van der Waals surface area contributed by atoms with Crippen LogP contribution in [-0.4, -0.2) is 12.0 Å². The van der Waals surface area contributed by atoms with Gasteiger partial charge >= 0.3 is 6.18 Å². The van der Waals surface area contributed by atoms with Crippen molar-refractivity contribution in [3.8, 4) is 0 Å². The summed E-state index contributed by atoms with van der Waals surface area (Å²) in [4.78, 5) is 11.1. The van der Waals surface area contributed by atoms with Gasteiger partial charge in [-0.3, -0.25) is 4.79 Å². The molecule has 0 bridgehead atoms. The number of halogens is 5. The molecule has 0 aliphatic heterocycles. The monoisotopic (exact) mass is 326 g/mol. The van der Waals surface area contributed by atoms with E-state index < -0.39 is 28.8 Å². The smallest absolute Gasteiger partial charge is 0.284 e. The molecule has 0 amide bonds. The standard InChI is InChI=1S/C12H11BrF4O/c1-11(2,3)6-4-7(9(14)8(13)5-6)10(18)12(15,16)17/h4-5H,1-3H3. The van der Waals surface area contributed by atoms with E-state index in [0.717, 1.165) is 6.07 Å². The van der Waals surface area contributed by atoms with Gasteiger partial charge in [0, 0.05) is 0 Å². The molecule has 0 saturated heterocycles. The van der Waals surface area contributed by atoms with Gasteiger partial charge in [-0.15, -0.1) is 0 Å². The number of ketones is 1. The van der Waals surface area contributed by atoms with Crippen molar-refractivity contribution in [1.82, 2.24) is 0 Å². The van der Waals surface area contributed by atoms with E-state index in [1.807, 2.05) is 0 Å². The fraction of sp³-hybridized carbons (Fsp3) is 0.417. The molecule has 18 heavy (non-hydrogen) atoms. The van der Waals surface area contributed by atoms with E-state index in [0.29, 0.717) is 5.56 Å². The Bertz CT molecular complexity index is 486. The minimum atomic E-state index is -5.09. The highest BCUT2D eigenvalue weighted by molar-refractivity contribution is 9.10. The van der Waals surface area contributed by atoms with Crippen LogP contribution in [0.15, 0.2) is 16.6 Å². The van der Waals surface area contributed by atoms with Crippen LogP contribution in [-0.2, 0) is 5.41 Å². The minimum absolute atomic E-state index is 0.150. The van der Waals surface area contributed by atoms with Gasteiger partial charge in [0.1, 0.15) is 5.82 Å². The molecule has 0 heterocycles. The Morgan fingerprint density at radius 1 is 1.17 bits per heavy atom. The SMILES string of the molecule is CC(C)(C)c1cc(Br)c(F)c(C(=O)C(F)(F)F)c1. The molecule has 0 saturated carbocycles. The average Bonchev–Trinajstić information content (AvgIpc) is 2.17. The van der Waals surface area contributed by atoms with Gasteiger partial charge in [0.25, 0.3) is 5.78 Å². The van der Waals surface area contributed by atoms with E-state index in [1.165, 1.54) is 6.07 Å². The van der Waals surface area contributed by atoms with Crippen LogP contribution >= 0.6 is 15.9 Å². The molecule has 0 aliphatic carbocycles. The first-order valence-corrected chi connectivity index (χ1v) is 5.85. The van der Waals surface area contributed by atoms with Crippen molar-refractivity contribution in [2.75, 3.05) is 0 Å². The van der Waals surface area contributed by atoms with Gasteiger partial charge in [0.2, 0.25) is 0 Å². The predicted molar refractivity (Wildman–Crippen MR) is 63.2 cm³/mol. The van der Waals surface area contributed by atoms with E-state index >= 15 is 0 Å². The maximum absolute atomic E-state index is 13.6. The molecule has 1 aromatic rings. The summed E-state index contributed by atoms with van der Waals surface area (Å²) in [6, 6.07) is 2.33. The van der Waals surface area contributed by atoms with Gasteiger partial charge in [-0.1, -0.05) is 20.8 Å². The van der Waals surface area contributed by atoms with Crippen LogP contribution in [0.4, 0.5) is 17.6 Å². The molecule has 0 N–H and O–H groups in total. The second-order valence-electron chi connectivity index (χ2n) is 4.90. The Labute approximate surface area is 110 Å². The molecule has 0 aromatic heterocycles. The number of rotatable bonds is 1. The van der Waals surface area contributed by atoms with Crippen LogP contribution in [0.1, 0.15) is 36.7 Å². The normalized spacial score (nSPS) is 12.7. The van der Waals surface area contributed by atoms with Crippen LogP contribution in [0.25, 0.3) is 0 Å². The lowest BCUT2D eigenvalue weighted by Crippen LogP contribution is -2.25. The third-order valence-corrected chi connectivity index (χ3v) is 2.97. The zero-order valence-corrected chi connectivity index (χ0v) is 11.5. The molecule has 0 atom stereocenters. The fourth-order valence-electron chi connectivity index (χ4n) is 1.34. The first kappa shape index (κ1) is 15.1. The van der Waals surface area contributed by atoms with Crippen LogP contribution < -0.4 is 0 Å². The summed E-state index contributed by atoms with van der Waals surface area (Å²) in [7, 11) is 0. The van der Waals surface area contributed by atoms with Gasteiger partial charge in [0.15, 0.2) is 0 Å². The van der Waals surface area contributed by atoms with Crippen molar-refractivity contribution in [3.63, 3.8) is 0 Å². The van der Waals surface area contributed by atoms with E-state index in [1.54, 1.807) is 20.8 Å². The Morgan fingerprint density at radius 2 is 1.67 bits per heavy atom. The van der Waals surface area contributed by atoms with E-state index in [-0.39, 0.29) is 4.47 Å². The highest BCUT2D eigenvalue weighted by Crippen LogP contribution is 2.32. The largest absolute Gasteiger partial charge is 0.454 e. The summed E-state index contributed by atoms with van der Waals surface area (Å²) in [5.41, 5.74) is -0.998. The molecular formula is C12H11BrF4O. The lowest BCUT2D eigenvalue weighted by Gasteiger charge is -2.21. The molecule has 1 aromatic carbocycles. The average molecular weight is 327 g/mol. The molecule has 0 unspecified atom stereocenters. The Hall–Kier alpha value is -0.910. The van der Waals surface area contributed by atoms with Crippen molar-refractivity contribution in [2.24, 2.45) is 0 Å². The van der Waals surface area contributed by atoms with Crippen molar-refractivity contribution in [3.05, 3.63) is 33.5 Å². The van der Waals surface area contributed by atoms with Crippen molar-refractivity contribution in [1.29, 1.82) is 0 Å². The molecule has 0 aliphatic rings. The summed E-state index contributed by atoms with van der Waals surface area (Å²) >= 11 is 2.83. The lowest BCUT2D eigenvalue weighted by molar-refractivity contribution is -0.0887. The zero-order chi connectivity index (χ0) is 14.3. The van der Waals surface area contributed by atoms with E-state index in [4.69, 9.17) is 0 Å². The van der Waals surface area contributed by atoms with Crippen molar-refractivity contribution < 1.29 is 22.4 Å². The number of hydrogen-bond acceptors (Lipinski definition) is 1. The van der Waals surface area contributed by atoms with Gasteiger partial charge in [-0.25, -0.2) is 4.39 Å². The maximum Gasteiger partial charge on any atom is 0.454 e. The maximum atomic E-state index is 13.6. The molecular weight excluding hydrogens is 316 g/mol. The third-order valence-electron chi connectivity index (χ3n) is 2.40. The zero-order valence-electron chi connectivity index (χ0n) is 9.95. The second-order valence-corrected chi connectivity index (χ2v) is 5.75. The predicted octanol–water partition coefficient (Wildman–Crippen LogP) is 4.63. The topological polar surface area (TPSA) is 17.1 Å². The molecule has 6 heteroatoms. The van der Waals surface area contributed by atoms with E-state index in [9.17, 15) is 22.4 Å². The minimum Gasteiger partial charge on any atom is -0.284 e. The number of carbonyl (C=O) groups is 1. The summed E-state index contributed by atoms with van der Waals surface area (Å²) < 4.78 is 50.5. The number of alkyl halides is 3. The molecule has 1 nitrogen and oxygen atoms in total. The van der Waals surface area contributed by atoms with Crippen molar-refractivity contribution in [2.45, 2.75) is 32.4 Å². The van der Waals surface area contributed by atoms with Crippen LogP contribution in [0.2, 0.25) is 0 Å². The first-order chi connectivity index (χ1) is 7.94. The lowest BCUT2D eigenvalue weighted by atomic mass is 9.85. The van der Waals surface area contributed by atoms with Gasteiger partial charge in [0.05, 0.1) is 10.0 Å². The Balaban J connectivity index is 3.46. The fourth-order valence-corrected chi connectivity index (χ4v) is 1.80. The quantitative estimate of drug-likeness (QED) is 0.543. The van der Waals surface area contributed by atoms with Crippen LogP contribution in [0.5, 0.6) is 0 Å². The van der Waals surface area contributed by atoms with Gasteiger partial charge in [-0.05, 0) is 39.0 Å². The molecule has 0 spiro atoms. The molecule has 1 rings (SSSR count). The molecule has 0 fully saturated rings. The second kappa shape index (κ2) is 4.64. The highest BCUT2D eigenvalue weighted by Gasteiger charge is 2.41. The summed E-state index contributed by atoms with van der Waals surface area (Å²) in [6.07, 6.45) is -5.09. The molecule has 0 radical (unpaired) electrons. The van der Waals surface area contributed by atoms with Crippen LogP contribution in [0, 0.1) is 5.82 Å². The number of benzene rings is 1. The Kier molecular flexibility index (Phi) is 3.91. The van der Waals surface area contributed by atoms with Crippen LogP contribution in [0.3, 0.4) is 0 Å². The summed E-state index contributed by atoms with van der Waals surface area (Å²) in [5.74, 6) is -3.36. The summed E-state index contributed by atoms with van der Waals surface area (Å²) in [6.45, 7) is 5.28. The van der Waals surface area contributed by atoms with Gasteiger partial charge in [-0.2, -0.15) is 13.2 Å². The van der Waals surface area contributed by atoms with E-state index in [2.05, 4.69) is 15.9 Å². The van der Waals surface area contributed by atoms with Gasteiger partial charge < -0.3 is 0 Å². The van der Waals surface area contributed by atoms with Crippen molar-refractivity contribution >= 4 is 21.7 Å². The Morgan fingerprint density at radius 3 is 2.06 bits per heavy atom. The number of hydrogen-bond donors (Lipinski definition) is 0. The third kappa shape index (κ3) is 3.10. The number of carbonyl (C=O) groups excluding carboxylic acids is 1. The molecule has 100 valence electrons.